The summed E-state index contributed by atoms with van der Waals surface area (Å²) in [5.41, 5.74) is 6.28. The second-order valence-corrected chi connectivity index (χ2v) is 4.69. The molecule has 18 heavy (non-hydrogen) atoms. The third kappa shape index (κ3) is 2.98. The topological polar surface area (TPSA) is 58.4 Å². The van der Waals surface area contributed by atoms with E-state index in [0.717, 1.165) is 12.8 Å². The Morgan fingerprint density at radius 3 is 2.61 bits per heavy atom. The number of benzene rings is 1. The Labute approximate surface area is 106 Å². The minimum absolute atomic E-state index is 0.0884. The van der Waals surface area contributed by atoms with Crippen molar-refractivity contribution in [3.05, 3.63) is 30.1 Å². The van der Waals surface area contributed by atoms with E-state index in [9.17, 15) is 9.18 Å². The zero-order chi connectivity index (χ0) is 13.1. The van der Waals surface area contributed by atoms with Crippen LogP contribution in [0.15, 0.2) is 24.3 Å². The maximum Gasteiger partial charge on any atom is 0.321 e. The van der Waals surface area contributed by atoms with E-state index in [1.165, 1.54) is 24.3 Å². The Hall–Kier alpha value is -1.62. The van der Waals surface area contributed by atoms with E-state index >= 15 is 0 Å². The van der Waals surface area contributed by atoms with Gasteiger partial charge in [0.25, 0.3) is 0 Å². The first kappa shape index (κ1) is 12.8. The van der Waals surface area contributed by atoms with Gasteiger partial charge in [-0.2, -0.15) is 0 Å². The van der Waals surface area contributed by atoms with Gasteiger partial charge < -0.3 is 16.0 Å². The van der Waals surface area contributed by atoms with Crippen LogP contribution in [0.25, 0.3) is 0 Å². The van der Waals surface area contributed by atoms with Gasteiger partial charge in [-0.25, -0.2) is 9.18 Å². The fraction of sp³-hybridized carbons (Fsp3) is 0.462. The molecule has 0 aromatic heterocycles. The van der Waals surface area contributed by atoms with Crippen molar-refractivity contribution in [2.45, 2.75) is 18.9 Å². The summed E-state index contributed by atoms with van der Waals surface area (Å²) in [5, 5.41) is 2.73. The second kappa shape index (κ2) is 5.35. The number of anilines is 1. The Morgan fingerprint density at radius 1 is 1.50 bits per heavy atom. The number of nitrogens with two attached hydrogens (primary N) is 1. The molecule has 0 spiro atoms. The van der Waals surface area contributed by atoms with Gasteiger partial charge in [-0.1, -0.05) is 0 Å². The summed E-state index contributed by atoms with van der Waals surface area (Å²) in [6, 6.07) is 5.59. The molecule has 0 saturated heterocycles. The predicted octanol–water partition coefficient (Wildman–Crippen LogP) is 2.03. The quantitative estimate of drug-likeness (QED) is 0.860. The van der Waals surface area contributed by atoms with Gasteiger partial charge in [0.05, 0.1) is 0 Å². The average Bonchev–Trinajstić information content (AvgIpc) is 3.17. The summed E-state index contributed by atoms with van der Waals surface area (Å²) in [4.78, 5) is 13.6. The molecule has 0 heterocycles. The fourth-order valence-corrected chi connectivity index (χ4v) is 2.04. The molecular formula is C13H18FN3O. The average molecular weight is 251 g/mol. The molecule has 1 saturated carbocycles. The van der Waals surface area contributed by atoms with Crippen LogP contribution in [-0.4, -0.2) is 30.6 Å². The Kier molecular flexibility index (Phi) is 3.81. The largest absolute Gasteiger partial charge is 0.328 e. The lowest BCUT2D eigenvalue weighted by Crippen LogP contribution is -2.45. The lowest BCUT2D eigenvalue weighted by atomic mass is 10.1. The van der Waals surface area contributed by atoms with Crippen LogP contribution < -0.4 is 11.1 Å². The van der Waals surface area contributed by atoms with Crippen LogP contribution in [0.2, 0.25) is 0 Å². The molecule has 1 unspecified atom stereocenters. The van der Waals surface area contributed by atoms with Crippen LogP contribution in [-0.2, 0) is 0 Å². The molecule has 1 aliphatic rings. The molecule has 2 amide bonds. The zero-order valence-corrected chi connectivity index (χ0v) is 10.4. The van der Waals surface area contributed by atoms with E-state index in [2.05, 4.69) is 5.32 Å². The van der Waals surface area contributed by atoms with Crippen molar-refractivity contribution in [2.75, 3.05) is 18.9 Å². The van der Waals surface area contributed by atoms with E-state index < -0.39 is 0 Å². The first-order chi connectivity index (χ1) is 8.61. The monoisotopic (exact) mass is 251 g/mol. The second-order valence-electron chi connectivity index (χ2n) is 4.69. The van der Waals surface area contributed by atoms with Crippen molar-refractivity contribution in [3.8, 4) is 0 Å². The normalized spacial score (nSPS) is 16.2. The number of urea groups is 1. The Morgan fingerprint density at radius 2 is 2.11 bits per heavy atom. The van der Waals surface area contributed by atoms with Crippen molar-refractivity contribution in [1.29, 1.82) is 0 Å². The summed E-state index contributed by atoms with van der Waals surface area (Å²) in [5.74, 6) is 0.207. The van der Waals surface area contributed by atoms with E-state index in [1.54, 1.807) is 11.9 Å². The summed E-state index contributed by atoms with van der Waals surface area (Å²) in [6.07, 6.45) is 2.27. The van der Waals surface area contributed by atoms with Crippen molar-refractivity contribution < 1.29 is 9.18 Å². The molecule has 0 radical (unpaired) electrons. The third-order valence-corrected chi connectivity index (χ3v) is 3.32. The molecule has 2 rings (SSSR count). The molecule has 5 heteroatoms. The van der Waals surface area contributed by atoms with Gasteiger partial charge in [0.15, 0.2) is 0 Å². The minimum Gasteiger partial charge on any atom is -0.328 e. The number of halogens is 1. The molecule has 98 valence electrons. The van der Waals surface area contributed by atoms with Crippen LogP contribution in [0.4, 0.5) is 14.9 Å². The smallest absolute Gasteiger partial charge is 0.321 e. The Balaban J connectivity index is 1.96. The minimum atomic E-state index is -0.320. The van der Waals surface area contributed by atoms with Gasteiger partial charge in [-0.15, -0.1) is 0 Å². The number of hydrogen-bond donors (Lipinski definition) is 2. The van der Waals surface area contributed by atoms with Crippen molar-refractivity contribution in [2.24, 2.45) is 11.7 Å². The van der Waals surface area contributed by atoms with Crippen molar-refractivity contribution in [3.63, 3.8) is 0 Å². The number of rotatable bonds is 4. The lowest BCUT2D eigenvalue weighted by molar-refractivity contribution is 0.198. The predicted molar refractivity (Wildman–Crippen MR) is 68.7 cm³/mol. The molecule has 4 nitrogen and oxygen atoms in total. The zero-order valence-electron chi connectivity index (χ0n) is 10.4. The summed E-state index contributed by atoms with van der Waals surface area (Å²) in [7, 11) is 1.74. The van der Waals surface area contributed by atoms with Crippen LogP contribution >= 0.6 is 0 Å². The molecule has 0 bridgehead atoms. The first-order valence-electron chi connectivity index (χ1n) is 6.11. The summed E-state index contributed by atoms with van der Waals surface area (Å²) < 4.78 is 12.7. The SMILES string of the molecule is CN(C(=O)Nc1ccc(F)cc1)C(CN)C1CC1. The molecule has 1 aromatic rings. The highest BCUT2D eigenvalue weighted by Crippen LogP contribution is 2.34. The van der Waals surface area contributed by atoms with Crippen LogP contribution in [0.3, 0.4) is 0 Å². The highest BCUT2D eigenvalue weighted by Gasteiger charge is 2.34. The number of nitrogens with zero attached hydrogens (tertiary/aromatic N) is 1. The van der Waals surface area contributed by atoms with Crippen LogP contribution in [0.5, 0.6) is 0 Å². The number of hydrogen-bond acceptors (Lipinski definition) is 2. The van der Waals surface area contributed by atoms with Crippen molar-refractivity contribution >= 4 is 11.7 Å². The van der Waals surface area contributed by atoms with Gasteiger partial charge in [0.1, 0.15) is 5.82 Å². The highest BCUT2D eigenvalue weighted by molar-refractivity contribution is 5.89. The number of carbonyl (C=O) groups excluding carboxylic acids is 1. The molecule has 1 atom stereocenters. The summed E-state index contributed by atoms with van der Waals surface area (Å²) >= 11 is 0. The number of amides is 2. The van der Waals surface area contributed by atoms with E-state index in [4.69, 9.17) is 5.73 Å². The molecule has 1 aromatic carbocycles. The van der Waals surface area contributed by atoms with Crippen LogP contribution in [0.1, 0.15) is 12.8 Å². The van der Waals surface area contributed by atoms with E-state index in [0.29, 0.717) is 18.2 Å². The number of carbonyl (C=O) groups is 1. The number of likely N-dealkylation sites (N-methyl/N-ethyl adjacent to an activating group) is 1. The molecule has 1 aliphatic carbocycles. The van der Waals surface area contributed by atoms with E-state index in [1.807, 2.05) is 0 Å². The summed E-state index contributed by atoms with van der Waals surface area (Å²) in [6.45, 7) is 0.470. The van der Waals surface area contributed by atoms with Gasteiger partial charge in [-0.3, -0.25) is 0 Å². The van der Waals surface area contributed by atoms with Crippen molar-refractivity contribution in [1.82, 2.24) is 4.90 Å². The molecule has 0 aliphatic heterocycles. The Bertz CT molecular complexity index is 417. The molecule has 3 N–H and O–H groups in total. The maximum atomic E-state index is 12.7. The van der Waals surface area contributed by atoms with Gasteiger partial charge >= 0.3 is 6.03 Å². The third-order valence-electron chi connectivity index (χ3n) is 3.32. The van der Waals surface area contributed by atoms with E-state index in [-0.39, 0.29) is 17.9 Å². The maximum absolute atomic E-state index is 12.7. The van der Waals surface area contributed by atoms with Crippen LogP contribution in [0, 0.1) is 11.7 Å². The lowest BCUT2D eigenvalue weighted by Gasteiger charge is -2.27. The van der Waals surface area contributed by atoms with Gasteiger partial charge in [0, 0.05) is 25.3 Å². The molecule has 1 fully saturated rings. The fourth-order valence-electron chi connectivity index (χ4n) is 2.04. The first-order valence-corrected chi connectivity index (χ1v) is 6.11. The molecular weight excluding hydrogens is 233 g/mol. The number of nitrogens with one attached hydrogen (secondary N) is 1. The van der Waals surface area contributed by atoms with Gasteiger partial charge in [0.2, 0.25) is 0 Å². The highest BCUT2D eigenvalue weighted by atomic mass is 19.1. The van der Waals surface area contributed by atoms with Gasteiger partial charge in [-0.05, 0) is 43.0 Å². The standard InChI is InChI=1S/C13H18FN3O/c1-17(12(8-15)9-2-3-9)13(18)16-11-6-4-10(14)5-7-11/h4-7,9,12H,2-3,8,15H2,1H3,(H,16,18).